The maximum absolute atomic E-state index is 10.5. The van der Waals surface area contributed by atoms with Gasteiger partial charge in [0.1, 0.15) is 20.3 Å². The Kier molecular flexibility index (Phi) is 101. The van der Waals surface area contributed by atoms with Crippen molar-refractivity contribution >= 4 is 30.3 Å². The van der Waals surface area contributed by atoms with E-state index in [4.69, 9.17) is 14.3 Å². The average molecular weight is 1110 g/mol. The molecular formula is C65H155N3O4S2. The number of thioether (sulfide) groups is 1. The molecule has 2 saturated heterocycles. The van der Waals surface area contributed by atoms with E-state index >= 15 is 0 Å². The first-order valence-electron chi connectivity index (χ1n) is 29.7. The lowest BCUT2D eigenvalue weighted by Crippen LogP contribution is -2.58. The zero-order valence-electron chi connectivity index (χ0n) is 59.8. The fourth-order valence-electron chi connectivity index (χ4n) is 3.60. The summed E-state index contributed by atoms with van der Waals surface area (Å²) in [6.07, 6.45) is 8.42. The fourth-order valence-corrected chi connectivity index (χ4v) is 3.60. The number of nitrogens with one attached hydrogen (secondary N) is 1. The number of nitrogens with zero attached hydrogens (tertiary/aromatic N) is 2. The molecular weight excluding hydrogens is 951 g/mol. The van der Waals surface area contributed by atoms with Gasteiger partial charge in [-0.2, -0.15) is 29.5 Å². The minimum absolute atomic E-state index is 0.125. The Morgan fingerprint density at radius 2 is 0.716 bits per heavy atom. The molecule has 0 bridgehead atoms. The molecule has 0 atom stereocenters. The number of carbonyl (C=O) groups excluding carboxylic acids is 1. The summed E-state index contributed by atoms with van der Waals surface area (Å²) in [5, 5.41) is 5.77. The van der Waals surface area contributed by atoms with E-state index in [9.17, 15) is 4.79 Å². The van der Waals surface area contributed by atoms with Crippen LogP contribution in [0.5, 0.6) is 0 Å². The van der Waals surface area contributed by atoms with Gasteiger partial charge in [-0.15, -0.1) is 0 Å². The molecule has 2 fully saturated rings. The van der Waals surface area contributed by atoms with Crippen molar-refractivity contribution in [3.63, 3.8) is 0 Å². The second-order valence-corrected chi connectivity index (χ2v) is 28.8. The molecule has 1 N–H and O–H groups in total. The van der Waals surface area contributed by atoms with Crippen LogP contribution < -0.4 is 5.32 Å². The molecule has 0 aliphatic carbocycles. The molecule has 0 aromatic carbocycles. The third-order valence-corrected chi connectivity index (χ3v) is 6.59. The summed E-state index contributed by atoms with van der Waals surface area (Å²) in [6, 6.07) is 0.799. The van der Waals surface area contributed by atoms with Crippen molar-refractivity contribution in [2.45, 2.75) is 337 Å². The highest BCUT2D eigenvalue weighted by Gasteiger charge is 2.42. The van der Waals surface area contributed by atoms with Gasteiger partial charge in [-0.05, 0) is 160 Å². The molecule has 0 radical (unpaired) electrons. The van der Waals surface area contributed by atoms with E-state index in [0.29, 0.717) is 32.7 Å². The molecule has 0 saturated carbocycles. The zero-order valence-corrected chi connectivity index (χ0v) is 61.5. The molecule has 2 rings (SSSR count). The van der Waals surface area contributed by atoms with E-state index < -0.39 is 0 Å². The average Bonchev–Trinajstić information content (AvgIpc) is 3.16. The van der Waals surface area contributed by atoms with Crippen LogP contribution in [0.15, 0.2) is 0 Å². The number of piperidine rings is 1. The van der Waals surface area contributed by atoms with Crippen LogP contribution >= 0.6 is 24.4 Å². The van der Waals surface area contributed by atoms with Crippen molar-refractivity contribution < 1.29 is 19.1 Å². The second-order valence-electron chi connectivity index (χ2n) is 27.3. The van der Waals surface area contributed by atoms with Crippen LogP contribution in [0.2, 0.25) is 0 Å². The number of hydrogen-bond donors (Lipinski definition) is 2. The summed E-state index contributed by atoms with van der Waals surface area (Å²) >= 11 is 5.41. The Hall–Kier alpha value is -0.0300. The van der Waals surface area contributed by atoms with Gasteiger partial charge in [-0.25, -0.2) is 0 Å². The third kappa shape index (κ3) is 187. The first-order valence-corrected chi connectivity index (χ1v) is 31.9. The van der Waals surface area contributed by atoms with Crippen molar-refractivity contribution in [2.75, 3.05) is 32.8 Å². The molecule has 0 aromatic heterocycles. The Labute approximate surface area is 485 Å². The van der Waals surface area contributed by atoms with Crippen LogP contribution in [-0.4, -0.2) is 83.2 Å². The molecule has 2 heterocycles. The molecule has 74 heavy (non-hydrogen) atoms. The van der Waals surface area contributed by atoms with E-state index in [1.54, 1.807) is 6.26 Å². The summed E-state index contributed by atoms with van der Waals surface area (Å²) in [4.78, 5) is 18.6. The highest BCUT2D eigenvalue weighted by molar-refractivity contribution is 7.99. The van der Waals surface area contributed by atoms with Gasteiger partial charge < -0.3 is 14.8 Å². The van der Waals surface area contributed by atoms with Crippen LogP contribution in [0.1, 0.15) is 303 Å². The van der Waals surface area contributed by atoms with E-state index in [1.807, 2.05) is 32.5 Å². The third-order valence-electron chi connectivity index (χ3n) is 5.65. The van der Waals surface area contributed by atoms with Crippen molar-refractivity contribution in [2.24, 2.45) is 53.3 Å². The van der Waals surface area contributed by atoms with Gasteiger partial charge in [0.15, 0.2) is 0 Å². The first-order chi connectivity index (χ1) is 33.1. The molecule has 7 nitrogen and oxygen atoms in total. The van der Waals surface area contributed by atoms with E-state index in [2.05, 4.69) is 290 Å². The Morgan fingerprint density at radius 1 is 0.500 bits per heavy atom. The maximum Gasteiger partial charge on any atom is 0.219 e. The normalized spacial score (nSPS) is 14.0. The number of carbonyl (C=O) groups is 1. The fraction of sp³-hybridized carbons (Fsp3) is 0.985. The smallest absolute Gasteiger partial charge is 0.219 e. The van der Waals surface area contributed by atoms with Gasteiger partial charge in [0.25, 0.3) is 0 Å². The Morgan fingerprint density at radius 3 is 0.838 bits per heavy atom. The van der Waals surface area contributed by atoms with Crippen LogP contribution in [0.4, 0.5) is 0 Å². The molecule has 2 aliphatic heterocycles. The van der Waals surface area contributed by atoms with Gasteiger partial charge in [-0.3, -0.25) is 14.5 Å². The molecule has 2 aliphatic rings. The van der Waals surface area contributed by atoms with Crippen molar-refractivity contribution in [1.82, 2.24) is 15.3 Å². The number of thiol groups is 1. The summed E-state index contributed by atoms with van der Waals surface area (Å²) in [5.74, 6) is 7.62. The number of amides is 1. The topological polar surface area (TPSA) is 63.3 Å². The molecule has 9 heteroatoms. The van der Waals surface area contributed by atoms with Crippen molar-refractivity contribution in [1.29, 1.82) is 0 Å². The zero-order chi connectivity index (χ0) is 62.7. The van der Waals surface area contributed by atoms with Gasteiger partial charge in [-0.1, -0.05) is 208 Å². The number of rotatable bonds is 6. The highest BCUT2D eigenvalue weighted by Crippen LogP contribution is 2.38. The standard InChI is InChI=1S/C12H25NO.C6H13NO2.C6H13NO.C4H10S.9C4H10.CH4S/c1-10(2)14-13-11(3,4)8-7-9-12(13,5)6;1-6(2)7-3-8-5-9-4-7;1-4-6(8)7-5(2)3;1-4(2)5-3;9*1-4(2)3;1-2/h10H,7-9H2,1-6H3;6H,3-5H2,1-2H3;5H,4H2,1-3H3,(H,7,8);4H,1-3H3;9*4H,1-3H3;2H,1H3. The predicted molar refractivity (Wildman–Crippen MR) is 356 cm³/mol. The van der Waals surface area contributed by atoms with Crippen LogP contribution in [0.3, 0.4) is 0 Å². The van der Waals surface area contributed by atoms with Gasteiger partial charge in [0.2, 0.25) is 5.91 Å². The van der Waals surface area contributed by atoms with Gasteiger partial charge >= 0.3 is 0 Å². The number of hydrogen-bond acceptors (Lipinski definition) is 8. The Bertz CT molecular complexity index is 817. The molecule has 0 unspecified atom stereocenters. The second kappa shape index (κ2) is 73.0. The lowest BCUT2D eigenvalue weighted by Gasteiger charge is -2.52. The van der Waals surface area contributed by atoms with Crippen LogP contribution in [-0.2, 0) is 19.1 Å². The number of hydroxylamine groups is 2. The quantitative estimate of drug-likeness (QED) is 0.257. The SMILES string of the molecule is CC(C)C.CC(C)C.CC(C)C.CC(C)C.CC(C)C.CC(C)C.CC(C)C.CC(C)C.CC(C)C.CC(C)N1COCOC1.CC(C)ON1C(C)(C)CCCC1(C)C.CCC(=O)NC(C)C.CS.CSC(C)C. The summed E-state index contributed by atoms with van der Waals surface area (Å²) < 4.78 is 10.1. The van der Waals surface area contributed by atoms with Crippen LogP contribution in [0.25, 0.3) is 0 Å². The maximum atomic E-state index is 10.5. The molecule has 1 amide bonds. The summed E-state index contributed by atoms with van der Waals surface area (Å²) in [5.41, 5.74) is 0.345. The Balaban J connectivity index is -0.0000000580. The van der Waals surface area contributed by atoms with E-state index in [1.165, 1.54) is 19.3 Å². The van der Waals surface area contributed by atoms with E-state index in [0.717, 1.165) is 58.5 Å². The lowest BCUT2D eigenvalue weighted by molar-refractivity contribution is -0.298. The van der Waals surface area contributed by atoms with E-state index in [-0.39, 0.29) is 29.1 Å². The summed E-state index contributed by atoms with van der Waals surface area (Å²) in [7, 11) is 0. The summed E-state index contributed by atoms with van der Waals surface area (Å²) in [6.45, 7) is 88.0. The van der Waals surface area contributed by atoms with Crippen molar-refractivity contribution in [3.05, 3.63) is 0 Å². The predicted octanol–water partition coefficient (Wildman–Crippen LogP) is 22.2. The minimum atomic E-state index is 0.125. The van der Waals surface area contributed by atoms with Crippen LogP contribution in [0, 0.1) is 53.3 Å². The minimum Gasteiger partial charge on any atom is -0.354 e. The highest BCUT2D eigenvalue weighted by atomic mass is 32.2. The monoisotopic (exact) mass is 1110 g/mol. The van der Waals surface area contributed by atoms with Gasteiger partial charge in [0, 0.05) is 29.6 Å². The van der Waals surface area contributed by atoms with Gasteiger partial charge in [0.05, 0.1) is 6.10 Å². The lowest BCUT2D eigenvalue weighted by atomic mass is 9.82. The van der Waals surface area contributed by atoms with Crippen molar-refractivity contribution in [3.8, 4) is 0 Å². The molecule has 0 spiro atoms. The largest absolute Gasteiger partial charge is 0.354 e. The molecule has 0 aromatic rings. The number of ether oxygens (including phenoxy) is 2. The molecule has 466 valence electrons. The first kappa shape index (κ1) is 103.